The summed E-state index contributed by atoms with van der Waals surface area (Å²) >= 11 is 0. The number of rotatable bonds is 7. The molecule has 0 fully saturated rings. The average molecular weight is 252 g/mol. The highest BCUT2D eigenvalue weighted by Gasteiger charge is 2.14. The lowest BCUT2D eigenvalue weighted by atomic mass is 10.1. The van der Waals surface area contributed by atoms with Gasteiger partial charge < -0.3 is 5.11 Å². The van der Waals surface area contributed by atoms with Gasteiger partial charge in [-0.25, -0.2) is 0 Å². The Kier molecular flexibility index (Phi) is 5.74. The molecule has 0 aliphatic rings. The fourth-order valence-electron chi connectivity index (χ4n) is 1.92. The first kappa shape index (κ1) is 14.6. The molecule has 1 N–H and O–H groups in total. The van der Waals surface area contributed by atoms with Crippen molar-refractivity contribution in [2.45, 2.75) is 26.8 Å². The number of benzene rings is 1. The number of nitro groups is 1. The lowest BCUT2D eigenvalue weighted by molar-refractivity contribution is -0.385. The van der Waals surface area contributed by atoms with E-state index in [1.54, 1.807) is 13.0 Å². The van der Waals surface area contributed by atoms with Crippen molar-refractivity contribution in [3.8, 4) is 0 Å². The minimum absolute atomic E-state index is 0.171. The van der Waals surface area contributed by atoms with E-state index in [4.69, 9.17) is 5.11 Å². The molecule has 0 radical (unpaired) electrons. The molecule has 100 valence electrons. The van der Waals surface area contributed by atoms with Gasteiger partial charge in [0, 0.05) is 31.3 Å². The van der Waals surface area contributed by atoms with Gasteiger partial charge >= 0.3 is 0 Å². The second kappa shape index (κ2) is 7.08. The molecular formula is C13H20N2O3. The van der Waals surface area contributed by atoms with Crippen molar-refractivity contribution in [1.82, 2.24) is 4.90 Å². The van der Waals surface area contributed by atoms with Crippen molar-refractivity contribution >= 4 is 5.69 Å². The van der Waals surface area contributed by atoms with Gasteiger partial charge in [-0.2, -0.15) is 0 Å². The van der Waals surface area contributed by atoms with Crippen LogP contribution in [0.15, 0.2) is 18.2 Å². The zero-order valence-corrected chi connectivity index (χ0v) is 10.9. The van der Waals surface area contributed by atoms with Crippen molar-refractivity contribution in [1.29, 1.82) is 0 Å². The standard InChI is InChI=1S/C13H20N2O3/c1-3-14(8-5-9-16)10-12-6-4-7-13(11(12)2)15(17)18/h4,6-7,16H,3,5,8-10H2,1-2H3. The Morgan fingerprint density at radius 1 is 1.44 bits per heavy atom. The van der Waals surface area contributed by atoms with Crippen LogP contribution in [-0.2, 0) is 6.54 Å². The van der Waals surface area contributed by atoms with Crippen LogP contribution < -0.4 is 0 Å². The van der Waals surface area contributed by atoms with Crippen LogP contribution in [0.3, 0.4) is 0 Å². The molecule has 0 unspecified atom stereocenters. The molecule has 5 heteroatoms. The van der Waals surface area contributed by atoms with Gasteiger partial charge in [-0.15, -0.1) is 0 Å². The molecule has 0 aliphatic carbocycles. The van der Waals surface area contributed by atoms with Crippen LogP contribution in [0, 0.1) is 17.0 Å². The molecule has 5 nitrogen and oxygen atoms in total. The van der Waals surface area contributed by atoms with Crippen LogP contribution in [0.5, 0.6) is 0 Å². The Hall–Kier alpha value is -1.46. The van der Waals surface area contributed by atoms with E-state index in [9.17, 15) is 10.1 Å². The van der Waals surface area contributed by atoms with Crippen LogP contribution in [0.2, 0.25) is 0 Å². The van der Waals surface area contributed by atoms with Crippen molar-refractivity contribution in [2.24, 2.45) is 0 Å². The van der Waals surface area contributed by atoms with Gasteiger partial charge in [0.05, 0.1) is 4.92 Å². The summed E-state index contributed by atoms with van der Waals surface area (Å²) in [7, 11) is 0. The van der Waals surface area contributed by atoms with E-state index >= 15 is 0 Å². The topological polar surface area (TPSA) is 66.6 Å². The maximum absolute atomic E-state index is 10.9. The molecule has 0 atom stereocenters. The maximum atomic E-state index is 10.9. The second-order valence-corrected chi connectivity index (χ2v) is 4.26. The molecule has 1 aromatic carbocycles. The summed E-state index contributed by atoms with van der Waals surface area (Å²) in [5.41, 5.74) is 1.87. The lowest BCUT2D eigenvalue weighted by Gasteiger charge is -2.20. The van der Waals surface area contributed by atoms with E-state index in [0.29, 0.717) is 6.54 Å². The Morgan fingerprint density at radius 2 is 2.17 bits per heavy atom. The van der Waals surface area contributed by atoms with E-state index in [1.165, 1.54) is 6.07 Å². The number of aliphatic hydroxyl groups is 1. The molecule has 0 amide bonds. The van der Waals surface area contributed by atoms with Crippen molar-refractivity contribution in [2.75, 3.05) is 19.7 Å². The normalized spacial score (nSPS) is 10.9. The smallest absolute Gasteiger partial charge is 0.272 e. The SMILES string of the molecule is CCN(CCCO)Cc1cccc([N+](=O)[O-])c1C. The quantitative estimate of drug-likeness (QED) is 0.596. The Bertz CT molecular complexity index is 407. The largest absolute Gasteiger partial charge is 0.396 e. The Labute approximate surface area is 107 Å². The molecule has 18 heavy (non-hydrogen) atoms. The summed E-state index contributed by atoms with van der Waals surface area (Å²) in [5.74, 6) is 0. The minimum Gasteiger partial charge on any atom is -0.396 e. The van der Waals surface area contributed by atoms with Gasteiger partial charge in [0.15, 0.2) is 0 Å². The summed E-state index contributed by atoms with van der Waals surface area (Å²) in [6.07, 6.45) is 0.724. The van der Waals surface area contributed by atoms with Crippen LogP contribution >= 0.6 is 0 Å². The number of aliphatic hydroxyl groups excluding tert-OH is 1. The number of hydrogen-bond donors (Lipinski definition) is 1. The van der Waals surface area contributed by atoms with Gasteiger partial charge in [0.2, 0.25) is 0 Å². The van der Waals surface area contributed by atoms with Gasteiger partial charge in [0.25, 0.3) is 5.69 Å². The summed E-state index contributed by atoms with van der Waals surface area (Å²) in [5, 5.41) is 19.7. The first-order valence-corrected chi connectivity index (χ1v) is 6.16. The third-order valence-electron chi connectivity index (χ3n) is 3.09. The summed E-state index contributed by atoms with van der Waals surface area (Å²) in [6, 6.07) is 5.17. The van der Waals surface area contributed by atoms with Crippen molar-refractivity contribution in [3.05, 3.63) is 39.4 Å². The van der Waals surface area contributed by atoms with Crippen LogP contribution in [0.4, 0.5) is 5.69 Å². The summed E-state index contributed by atoms with van der Waals surface area (Å²) in [6.45, 7) is 6.35. The first-order chi connectivity index (χ1) is 8.60. The lowest BCUT2D eigenvalue weighted by Crippen LogP contribution is -2.25. The Morgan fingerprint density at radius 3 is 2.72 bits per heavy atom. The van der Waals surface area contributed by atoms with Crippen molar-refractivity contribution < 1.29 is 10.0 Å². The fourth-order valence-corrected chi connectivity index (χ4v) is 1.92. The van der Waals surface area contributed by atoms with E-state index < -0.39 is 0 Å². The zero-order valence-electron chi connectivity index (χ0n) is 10.9. The van der Waals surface area contributed by atoms with Gasteiger partial charge in [-0.3, -0.25) is 15.0 Å². The van der Waals surface area contributed by atoms with Crippen LogP contribution in [-0.4, -0.2) is 34.6 Å². The van der Waals surface area contributed by atoms with Crippen LogP contribution in [0.25, 0.3) is 0 Å². The molecule has 0 saturated heterocycles. The molecule has 0 aliphatic heterocycles. The third kappa shape index (κ3) is 3.78. The molecule has 0 bridgehead atoms. The third-order valence-corrected chi connectivity index (χ3v) is 3.09. The monoisotopic (exact) mass is 252 g/mol. The summed E-state index contributed by atoms with van der Waals surface area (Å²) < 4.78 is 0. The van der Waals surface area contributed by atoms with E-state index in [1.807, 2.05) is 13.0 Å². The molecular weight excluding hydrogens is 232 g/mol. The molecule has 0 spiro atoms. The molecule has 0 heterocycles. The highest BCUT2D eigenvalue weighted by Crippen LogP contribution is 2.22. The highest BCUT2D eigenvalue weighted by atomic mass is 16.6. The predicted molar refractivity (Wildman–Crippen MR) is 70.5 cm³/mol. The maximum Gasteiger partial charge on any atom is 0.272 e. The highest BCUT2D eigenvalue weighted by molar-refractivity contribution is 5.44. The fraction of sp³-hybridized carbons (Fsp3) is 0.538. The van der Waals surface area contributed by atoms with Crippen LogP contribution in [0.1, 0.15) is 24.5 Å². The van der Waals surface area contributed by atoms with E-state index in [-0.39, 0.29) is 17.2 Å². The number of nitrogens with zero attached hydrogens (tertiary/aromatic N) is 2. The summed E-state index contributed by atoms with van der Waals surface area (Å²) in [4.78, 5) is 12.7. The molecule has 0 saturated carbocycles. The average Bonchev–Trinajstić information content (AvgIpc) is 2.36. The molecule has 0 aromatic heterocycles. The number of hydrogen-bond acceptors (Lipinski definition) is 4. The van der Waals surface area contributed by atoms with Gasteiger partial charge in [-0.05, 0) is 25.5 Å². The van der Waals surface area contributed by atoms with Gasteiger partial charge in [-0.1, -0.05) is 19.1 Å². The molecule has 1 aromatic rings. The van der Waals surface area contributed by atoms with Crippen molar-refractivity contribution in [3.63, 3.8) is 0 Å². The predicted octanol–water partition coefficient (Wildman–Crippen LogP) is 2.11. The van der Waals surface area contributed by atoms with E-state index in [0.717, 1.165) is 30.6 Å². The molecule has 1 rings (SSSR count). The van der Waals surface area contributed by atoms with Gasteiger partial charge in [0.1, 0.15) is 0 Å². The number of nitro benzene ring substituents is 1. The second-order valence-electron chi connectivity index (χ2n) is 4.26. The first-order valence-electron chi connectivity index (χ1n) is 6.16. The zero-order chi connectivity index (χ0) is 13.5. The van der Waals surface area contributed by atoms with E-state index in [2.05, 4.69) is 4.90 Å². The minimum atomic E-state index is -0.344. The Balaban J connectivity index is 2.83.